The molecule has 0 aromatic heterocycles. The number of allylic oxidation sites excluding steroid dienone is 4. The van der Waals surface area contributed by atoms with Crippen molar-refractivity contribution in [1.82, 2.24) is 0 Å². The van der Waals surface area contributed by atoms with Gasteiger partial charge in [-0.25, -0.2) is 4.79 Å². The first-order valence-electron chi connectivity index (χ1n) is 24.9. The third-order valence-electron chi connectivity index (χ3n) is 11.6. The van der Waals surface area contributed by atoms with Crippen LogP contribution in [0.3, 0.4) is 0 Å². The molecule has 0 radical (unpaired) electrons. The van der Waals surface area contributed by atoms with Gasteiger partial charge in [0.1, 0.15) is 24.9 Å². The minimum atomic E-state index is -1.86. The molecule has 1 aliphatic rings. The average Bonchev–Trinajstić information content (AvgIpc) is 3.24. The van der Waals surface area contributed by atoms with E-state index < -0.39 is 54.7 Å². The van der Waals surface area contributed by atoms with Gasteiger partial charge in [-0.15, -0.1) is 0 Å². The van der Waals surface area contributed by atoms with Crippen LogP contribution in [-0.4, -0.2) is 88.4 Å². The van der Waals surface area contributed by atoms with Gasteiger partial charge in [-0.05, 0) is 44.9 Å². The fourth-order valence-electron chi connectivity index (χ4n) is 7.62. The van der Waals surface area contributed by atoms with E-state index in [0.717, 1.165) is 51.4 Å². The monoisotopic (exact) mass is 867 g/mol. The fourth-order valence-corrected chi connectivity index (χ4v) is 7.62. The Balaban J connectivity index is 2.31. The lowest BCUT2D eigenvalue weighted by molar-refractivity contribution is -0.298. The predicted octanol–water partition coefficient (Wildman–Crippen LogP) is 11.4. The largest absolute Gasteiger partial charge is 0.479 e. The number of carbonyl (C=O) groups excluding carboxylic acids is 2. The first-order valence-corrected chi connectivity index (χ1v) is 24.9. The van der Waals surface area contributed by atoms with Gasteiger partial charge in [0.2, 0.25) is 0 Å². The molecule has 11 nitrogen and oxygen atoms in total. The minimum Gasteiger partial charge on any atom is -0.479 e. The van der Waals surface area contributed by atoms with Gasteiger partial charge in [0.05, 0.1) is 6.61 Å². The topological polar surface area (TPSA) is 169 Å². The van der Waals surface area contributed by atoms with E-state index in [9.17, 15) is 34.8 Å². The molecule has 0 amide bonds. The lowest BCUT2D eigenvalue weighted by Gasteiger charge is -2.38. The second-order valence-corrected chi connectivity index (χ2v) is 17.3. The standard InChI is InChI=1S/C50H90O11/c1-3-5-7-9-11-13-15-17-19-21-22-23-25-26-28-30-32-34-36-38-43(51)58-40-42(41-59-50-47(55)45(53)46(54)48(61-50)49(56)57)60-44(52)39-37-35-33-31-29-27-24-20-18-16-14-12-10-8-6-4-2/h11,13,17,19,42,45-48,50,53-55H,3-10,12,14-16,18,20-41H2,1-2H3,(H,56,57)/b13-11-,19-17-. The molecular weight excluding hydrogens is 777 g/mol. The van der Waals surface area contributed by atoms with Gasteiger partial charge < -0.3 is 39.4 Å². The summed E-state index contributed by atoms with van der Waals surface area (Å²) in [7, 11) is 0. The summed E-state index contributed by atoms with van der Waals surface area (Å²) in [6, 6.07) is 0. The number of carbonyl (C=O) groups is 3. The van der Waals surface area contributed by atoms with Crippen LogP contribution < -0.4 is 0 Å². The number of esters is 2. The van der Waals surface area contributed by atoms with Crippen LogP contribution in [0.1, 0.15) is 226 Å². The number of aliphatic hydroxyl groups excluding tert-OH is 3. The van der Waals surface area contributed by atoms with E-state index in [1.807, 2.05) is 0 Å². The SMILES string of the molecule is CCCCC/C=C\C/C=C\CCCCCCCCCCCC(=O)OCC(COC1OC(C(=O)O)C(O)C(O)C1O)OC(=O)CCCCCCCCCCCCCCCCCC. The normalized spacial score (nSPS) is 19.8. The molecule has 0 aromatic carbocycles. The maximum Gasteiger partial charge on any atom is 0.335 e. The second-order valence-electron chi connectivity index (χ2n) is 17.3. The Labute approximate surface area is 370 Å². The number of hydrogen-bond acceptors (Lipinski definition) is 10. The Morgan fingerprint density at radius 2 is 0.918 bits per heavy atom. The molecule has 1 heterocycles. The lowest BCUT2D eigenvalue weighted by atomic mass is 9.99. The van der Waals surface area contributed by atoms with E-state index in [1.54, 1.807) is 0 Å². The maximum absolute atomic E-state index is 12.8. The van der Waals surface area contributed by atoms with Gasteiger partial charge in [-0.2, -0.15) is 0 Å². The van der Waals surface area contributed by atoms with Gasteiger partial charge in [0.25, 0.3) is 0 Å². The summed E-state index contributed by atoms with van der Waals surface area (Å²) in [5.41, 5.74) is 0. The van der Waals surface area contributed by atoms with Crippen molar-refractivity contribution in [1.29, 1.82) is 0 Å². The highest BCUT2D eigenvalue weighted by Crippen LogP contribution is 2.23. The molecule has 0 saturated carbocycles. The smallest absolute Gasteiger partial charge is 0.335 e. The number of carboxylic acids is 1. The van der Waals surface area contributed by atoms with E-state index in [0.29, 0.717) is 12.8 Å². The van der Waals surface area contributed by atoms with Crippen LogP contribution in [0.2, 0.25) is 0 Å². The van der Waals surface area contributed by atoms with Crippen LogP contribution >= 0.6 is 0 Å². The van der Waals surface area contributed by atoms with Crippen LogP contribution in [0.25, 0.3) is 0 Å². The van der Waals surface area contributed by atoms with E-state index in [1.165, 1.54) is 135 Å². The van der Waals surface area contributed by atoms with Crippen molar-refractivity contribution >= 4 is 17.9 Å². The second kappa shape index (κ2) is 40.5. The van der Waals surface area contributed by atoms with E-state index in [2.05, 4.69) is 38.2 Å². The Morgan fingerprint density at radius 3 is 1.39 bits per heavy atom. The zero-order chi connectivity index (χ0) is 44.6. The van der Waals surface area contributed by atoms with Gasteiger partial charge in [0.15, 0.2) is 18.5 Å². The number of ether oxygens (including phenoxy) is 4. The summed E-state index contributed by atoms with van der Waals surface area (Å²) in [4.78, 5) is 36.9. The number of carboxylic acid groups (broad SMARTS) is 1. The molecule has 0 bridgehead atoms. The Kier molecular flexibility index (Phi) is 37.6. The van der Waals surface area contributed by atoms with E-state index >= 15 is 0 Å². The van der Waals surface area contributed by atoms with Crippen LogP contribution in [0, 0.1) is 0 Å². The number of aliphatic hydroxyl groups is 3. The molecule has 356 valence electrons. The molecule has 0 aliphatic carbocycles. The zero-order valence-corrected chi connectivity index (χ0v) is 38.7. The summed E-state index contributed by atoms with van der Waals surface area (Å²) < 4.78 is 21.8. The predicted molar refractivity (Wildman–Crippen MR) is 243 cm³/mol. The maximum atomic E-state index is 12.8. The number of hydrogen-bond donors (Lipinski definition) is 4. The molecule has 61 heavy (non-hydrogen) atoms. The average molecular weight is 867 g/mol. The Hall–Kier alpha value is -2.31. The zero-order valence-electron chi connectivity index (χ0n) is 38.7. The van der Waals surface area contributed by atoms with Crippen LogP contribution in [0.15, 0.2) is 24.3 Å². The summed E-state index contributed by atoms with van der Waals surface area (Å²) in [5, 5.41) is 39.9. The molecule has 11 heteroatoms. The first-order chi connectivity index (χ1) is 29.7. The molecule has 0 aromatic rings. The van der Waals surface area contributed by atoms with Gasteiger partial charge in [-0.1, -0.05) is 192 Å². The third-order valence-corrected chi connectivity index (χ3v) is 11.6. The molecule has 1 rings (SSSR count). The molecule has 1 saturated heterocycles. The Bertz CT molecular complexity index is 1110. The molecule has 4 N–H and O–H groups in total. The summed E-state index contributed by atoms with van der Waals surface area (Å²) >= 11 is 0. The van der Waals surface area contributed by atoms with Crippen molar-refractivity contribution in [2.24, 2.45) is 0 Å². The van der Waals surface area contributed by atoms with Gasteiger partial charge in [0, 0.05) is 12.8 Å². The summed E-state index contributed by atoms with van der Waals surface area (Å²) in [6.45, 7) is 3.81. The number of rotatable bonds is 42. The van der Waals surface area contributed by atoms with Gasteiger partial charge in [-0.3, -0.25) is 9.59 Å². The first kappa shape index (κ1) is 56.7. The van der Waals surface area contributed by atoms with E-state index in [-0.39, 0.29) is 26.1 Å². The van der Waals surface area contributed by atoms with Crippen molar-refractivity contribution in [3.8, 4) is 0 Å². The highest BCUT2D eigenvalue weighted by atomic mass is 16.7. The highest BCUT2D eigenvalue weighted by molar-refractivity contribution is 5.73. The van der Waals surface area contributed by atoms with Crippen molar-refractivity contribution in [2.45, 2.75) is 263 Å². The molecule has 0 spiro atoms. The quantitative estimate of drug-likeness (QED) is 0.0262. The van der Waals surface area contributed by atoms with Crippen LogP contribution in [0.5, 0.6) is 0 Å². The van der Waals surface area contributed by atoms with Crippen molar-refractivity contribution in [3.63, 3.8) is 0 Å². The lowest BCUT2D eigenvalue weighted by Crippen LogP contribution is -2.60. The van der Waals surface area contributed by atoms with Crippen molar-refractivity contribution < 1.29 is 53.8 Å². The van der Waals surface area contributed by atoms with Crippen LogP contribution in [0.4, 0.5) is 0 Å². The molecule has 1 aliphatic heterocycles. The summed E-state index contributed by atoms with van der Waals surface area (Å²) in [6.07, 6.45) is 36.5. The van der Waals surface area contributed by atoms with Crippen LogP contribution in [-0.2, 0) is 33.3 Å². The fraction of sp³-hybridized carbons (Fsp3) is 0.860. The van der Waals surface area contributed by atoms with E-state index in [4.69, 9.17) is 18.9 Å². The molecular formula is C50H90O11. The molecule has 1 fully saturated rings. The number of unbranched alkanes of at least 4 members (excludes halogenated alkanes) is 27. The molecule has 6 unspecified atom stereocenters. The Morgan fingerprint density at radius 1 is 0.508 bits per heavy atom. The van der Waals surface area contributed by atoms with Crippen molar-refractivity contribution in [2.75, 3.05) is 13.2 Å². The van der Waals surface area contributed by atoms with Crippen molar-refractivity contribution in [3.05, 3.63) is 24.3 Å². The minimum absolute atomic E-state index is 0.187. The van der Waals surface area contributed by atoms with Gasteiger partial charge >= 0.3 is 17.9 Å². The molecule has 6 atom stereocenters. The number of aliphatic carboxylic acids is 1. The highest BCUT2D eigenvalue weighted by Gasteiger charge is 2.47. The third kappa shape index (κ3) is 32.1. The summed E-state index contributed by atoms with van der Waals surface area (Å²) in [5.74, 6) is -2.43.